The quantitative estimate of drug-likeness (QED) is 0.581. The molecule has 3 aromatic carbocycles. The SMILES string of the molecule is CCCCc1cccc(C)c1B(c1ccccc1C)c1ccccc1C. The lowest BCUT2D eigenvalue weighted by atomic mass is 9.34. The number of hydrogen-bond donors (Lipinski definition) is 0. The van der Waals surface area contributed by atoms with Crippen molar-refractivity contribution in [3.05, 3.63) is 89.0 Å². The van der Waals surface area contributed by atoms with Gasteiger partial charge in [-0.2, -0.15) is 0 Å². The first-order valence-corrected chi connectivity index (χ1v) is 9.83. The van der Waals surface area contributed by atoms with E-state index in [1.54, 1.807) is 0 Å². The molecule has 132 valence electrons. The van der Waals surface area contributed by atoms with Crippen LogP contribution in [0.1, 0.15) is 42.0 Å². The Balaban J connectivity index is 2.26. The van der Waals surface area contributed by atoms with E-state index in [0.29, 0.717) is 6.71 Å². The van der Waals surface area contributed by atoms with Crippen LogP contribution < -0.4 is 16.4 Å². The average Bonchev–Trinajstić information content (AvgIpc) is 2.64. The van der Waals surface area contributed by atoms with Gasteiger partial charge in [0.25, 0.3) is 0 Å². The highest BCUT2D eigenvalue weighted by atomic mass is 14.1. The predicted molar refractivity (Wildman–Crippen MR) is 117 cm³/mol. The van der Waals surface area contributed by atoms with Crippen molar-refractivity contribution < 1.29 is 0 Å². The van der Waals surface area contributed by atoms with E-state index in [0.717, 1.165) is 6.42 Å². The fourth-order valence-electron chi connectivity index (χ4n) is 4.04. The Morgan fingerprint density at radius 3 is 1.73 bits per heavy atom. The van der Waals surface area contributed by atoms with Crippen molar-refractivity contribution >= 4 is 23.1 Å². The van der Waals surface area contributed by atoms with Gasteiger partial charge in [0.2, 0.25) is 6.71 Å². The van der Waals surface area contributed by atoms with Gasteiger partial charge in [0.05, 0.1) is 0 Å². The number of hydrogen-bond acceptors (Lipinski definition) is 0. The van der Waals surface area contributed by atoms with Gasteiger partial charge in [0.15, 0.2) is 0 Å². The molecule has 0 amide bonds. The zero-order chi connectivity index (χ0) is 18.5. The van der Waals surface area contributed by atoms with Crippen LogP contribution in [0.3, 0.4) is 0 Å². The Kier molecular flexibility index (Phi) is 5.98. The van der Waals surface area contributed by atoms with Crippen LogP contribution in [0.15, 0.2) is 66.7 Å². The number of benzene rings is 3. The van der Waals surface area contributed by atoms with Crippen molar-refractivity contribution in [1.82, 2.24) is 0 Å². The summed E-state index contributed by atoms with van der Waals surface area (Å²) >= 11 is 0. The molecule has 0 saturated carbocycles. The van der Waals surface area contributed by atoms with Crippen LogP contribution in [0.5, 0.6) is 0 Å². The van der Waals surface area contributed by atoms with E-state index >= 15 is 0 Å². The molecule has 0 N–H and O–H groups in total. The third-order valence-corrected chi connectivity index (χ3v) is 5.50. The molecule has 0 aliphatic heterocycles. The van der Waals surface area contributed by atoms with Gasteiger partial charge in [-0.1, -0.05) is 119 Å². The first-order valence-electron chi connectivity index (χ1n) is 9.83. The van der Waals surface area contributed by atoms with Crippen LogP contribution in [-0.2, 0) is 6.42 Å². The Morgan fingerprint density at radius 1 is 0.654 bits per heavy atom. The van der Waals surface area contributed by atoms with Crippen molar-refractivity contribution in [3.63, 3.8) is 0 Å². The van der Waals surface area contributed by atoms with Crippen LogP contribution >= 0.6 is 0 Å². The fourth-order valence-corrected chi connectivity index (χ4v) is 4.04. The second-order valence-corrected chi connectivity index (χ2v) is 7.40. The van der Waals surface area contributed by atoms with E-state index in [4.69, 9.17) is 0 Å². The van der Waals surface area contributed by atoms with E-state index in [2.05, 4.69) is 94.4 Å². The first-order chi connectivity index (χ1) is 12.6. The lowest BCUT2D eigenvalue weighted by molar-refractivity contribution is 0.797. The van der Waals surface area contributed by atoms with Crippen molar-refractivity contribution in [3.8, 4) is 0 Å². The summed E-state index contributed by atoms with van der Waals surface area (Å²) in [5, 5.41) is 0. The summed E-state index contributed by atoms with van der Waals surface area (Å²) < 4.78 is 0. The summed E-state index contributed by atoms with van der Waals surface area (Å²) in [6.07, 6.45) is 3.62. The molecule has 0 radical (unpaired) electrons. The normalized spacial score (nSPS) is 10.8. The highest BCUT2D eigenvalue weighted by molar-refractivity contribution is 6.96. The van der Waals surface area contributed by atoms with E-state index in [1.807, 2.05) is 0 Å². The minimum atomic E-state index is 0.297. The van der Waals surface area contributed by atoms with Crippen molar-refractivity contribution in [2.45, 2.75) is 47.0 Å². The van der Waals surface area contributed by atoms with Gasteiger partial charge in [0, 0.05) is 0 Å². The smallest absolute Gasteiger partial charge is 0.0667 e. The minimum Gasteiger partial charge on any atom is -0.0667 e. The summed E-state index contributed by atoms with van der Waals surface area (Å²) in [7, 11) is 0. The molecule has 0 aliphatic rings. The zero-order valence-corrected chi connectivity index (χ0v) is 16.5. The molecule has 0 fully saturated rings. The topological polar surface area (TPSA) is 0 Å². The van der Waals surface area contributed by atoms with Crippen molar-refractivity contribution in [1.29, 1.82) is 0 Å². The van der Waals surface area contributed by atoms with Crippen LogP contribution in [0.25, 0.3) is 0 Å². The molecule has 0 aromatic heterocycles. The Morgan fingerprint density at radius 2 is 1.19 bits per heavy atom. The molecule has 0 unspecified atom stereocenters. The molecule has 26 heavy (non-hydrogen) atoms. The number of unbranched alkanes of at least 4 members (excludes halogenated alkanes) is 1. The molecule has 0 heterocycles. The van der Waals surface area contributed by atoms with Gasteiger partial charge >= 0.3 is 0 Å². The van der Waals surface area contributed by atoms with Crippen LogP contribution in [0.2, 0.25) is 0 Å². The second kappa shape index (κ2) is 8.40. The number of rotatable bonds is 6. The molecule has 0 nitrogen and oxygen atoms in total. The monoisotopic (exact) mass is 340 g/mol. The Bertz CT molecular complexity index is 833. The van der Waals surface area contributed by atoms with Crippen LogP contribution in [-0.4, -0.2) is 6.71 Å². The Hall–Kier alpha value is -2.28. The lowest BCUT2D eigenvalue weighted by Gasteiger charge is -2.24. The second-order valence-electron chi connectivity index (χ2n) is 7.40. The third kappa shape index (κ3) is 3.77. The summed E-state index contributed by atoms with van der Waals surface area (Å²) in [5.74, 6) is 0. The highest BCUT2D eigenvalue weighted by Gasteiger charge is 2.27. The molecule has 0 spiro atoms. The molecule has 1 heteroatoms. The molecule has 0 atom stereocenters. The first kappa shape index (κ1) is 18.5. The average molecular weight is 340 g/mol. The van der Waals surface area contributed by atoms with Gasteiger partial charge in [-0.3, -0.25) is 0 Å². The summed E-state index contributed by atoms with van der Waals surface area (Å²) in [5.41, 5.74) is 9.99. The van der Waals surface area contributed by atoms with E-state index in [9.17, 15) is 0 Å². The largest absolute Gasteiger partial charge is 0.242 e. The molecule has 0 saturated heterocycles. The maximum Gasteiger partial charge on any atom is 0.242 e. The molecular weight excluding hydrogens is 311 g/mol. The summed E-state index contributed by atoms with van der Waals surface area (Å²) in [6, 6.07) is 24.6. The maximum absolute atomic E-state index is 2.33. The van der Waals surface area contributed by atoms with Gasteiger partial charge in [-0.05, 0) is 33.6 Å². The van der Waals surface area contributed by atoms with E-state index in [-0.39, 0.29) is 0 Å². The molecule has 3 aromatic rings. The standard InChI is InChI=1S/C25H29B/c1-5-6-15-22-16-11-14-21(4)25(22)26(23-17-9-7-12-19(23)2)24-18-10-8-13-20(24)3/h7-14,16-18H,5-6,15H2,1-4H3. The van der Waals surface area contributed by atoms with Crippen LogP contribution in [0, 0.1) is 20.8 Å². The van der Waals surface area contributed by atoms with Crippen molar-refractivity contribution in [2.24, 2.45) is 0 Å². The molecule has 0 aliphatic carbocycles. The van der Waals surface area contributed by atoms with Gasteiger partial charge < -0.3 is 0 Å². The minimum absolute atomic E-state index is 0.297. The summed E-state index contributed by atoms with van der Waals surface area (Å²) in [6.45, 7) is 9.32. The summed E-state index contributed by atoms with van der Waals surface area (Å²) in [4.78, 5) is 0. The molecule has 0 bridgehead atoms. The third-order valence-electron chi connectivity index (χ3n) is 5.50. The van der Waals surface area contributed by atoms with E-state index < -0.39 is 0 Å². The highest BCUT2D eigenvalue weighted by Crippen LogP contribution is 2.11. The van der Waals surface area contributed by atoms with E-state index in [1.165, 1.54) is 51.5 Å². The van der Waals surface area contributed by atoms with Gasteiger partial charge in [-0.25, -0.2) is 0 Å². The van der Waals surface area contributed by atoms with Gasteiger partial charge in [-0.15, -0.1) is 0 Å². The van der Waals surface area contributed by atoms with Gasteiger partial charge in [0.1, 0.15) is 0 Å². The zero-order valence-electron chi connectivity index (χ0n) is 16.5. The fraction of sp³-hybridized carbons (Fsp3) is 0.280. The maximum atomic E-state index is 2.33. The van der Waals surface area contributed by atoms with Crippen LogP contribution in [0.4, 0.5) is 0 Å². The Labute approximate surface area is 159 Å². The molecular formula is C25H29B. The molecule has 3 rings (SSSR count). The predicted octanol–water partition coefficient (Wildman–Crippen LogP) is 4.47. The number of aryl methyl sites for hydroxylation is 4. The van der Waals surface area contributed by atoms with Crippen molar-refractivity contribution in [2.75, 3.05) is 0 Å². The lowest BCUT2D eigenvalue weighted by Crippen LogP contribution is -2.55.